The molecule has 0 fully saturated rings. The van der Waals surface area contributed by atoms with E-state index in [-0.39, 0.29) is 35.6 Å². The maximum Gasteiger partial charge on any atom is 4.00 e. The van der Waals surface area contributed by atoms with Gasteiger partial charge in [-0.25, -0.2) is 0 Å². The van der Waals surface area contributed by atoms with Crippen molar-refractivity contribution in [3.8, 4) is 0 Å². The topological polar surface area (TPSA) is 0 Å². The number of rotatable bonds is 4. The molecule has 0 amide bonds. The Morgan fingerprint density at radius 1 is 0.486 bits per heavy atom. The van der Waals surface area contributed by atoms with E-state index in [0.717, 1.165) is 0 Å². The van der Waals surface area contributed by atoms with E-state index >= 15 is 0 Å². The van der Waals surface area contributed by atoms with Gasteiger partial charge in [-0.05, 0) is 23.7 Å². The van der Waals surface area contributed by atoms with Crippen LogP contribution in [0.25, 0.3) is 21.5 Å². The van der Waals surface area contributed by atoms with Crippen LogP contribution in [0.1, 0.15) is 112 Å². The Morgan fingerprint density at radius 2 is 0.800 bits per heavy atom. The number of fused-ring (bicyclic) bond motifs is 2. The smallest absolute Gasteiger partial charge is 1.00 e. The number of halogens is 2. The zero-order valence-electron chi connectivity index (χ0n) is 23.2. The zero-order chi connectivity index (χ0) is 23.7. The van der Waals surface area contributed by atoms with Crippen molar-refractivity contribution in [2.45, 2.75) is 92.9 Å². The standard InChI is InChI=1S/2C16H21.2FH.Zr/c2*1-10(2)13-8-14-6-12(5)7-16(14)15(9-13)11(3)4;;;/h2*6-11H,1-5H3;2*1H;/q2*-1;;;+4/p-2. The fourth-order valence-corrected chi connectivity index (χ4v) is 4.67. The van der Waals surface area contributed by atoms with Crippen LogP contribution in [0.5, 0.6) is 0 Å². The van der Waals surface area contributed by atoms with Crippen LogP contribution in [0.4, 0.5) is 0 Å². The van der Waals surface area contributed by atoms with Crippen molar-refractivity contribution < 1.29 is 35.6 Å². The van der Waals surface area contributed by atoms with Crippen LogP contribution in [0.15, 0.2) is 48.5 Å². The summed E-state index contributed by atoms with van der Waals surface area (Å²) in [5.74, 6) is 2.42. The SMILES string of the molecule is Cc1cc2c(C(C)C)cc(C(C)C)cc2[cH-]1.Cc1cc2c(C(C)C)cc(C(C)C)cc2[cH-]1.[F-].[F-].[Zr+4]. The molecule has 0 heterocycles. The van der Waals surface area contributed by atoms with Crippen molar-refractivity contribution in [1.82, 2.24) is 0 Å². The largest absolute Gasteiger partial charge is 4.00 e. The molecule has 0 spiro atoms. The molecular formula is C32H42F2Zr. The average molecular weight is 556 g/mol. The summed E-state index contributed by atoms with van der Waals surface area (Å²) in [5, 5.41) is 5.70. The quantitative estimate of drug-likeness (QED) is 0.331. The molecule has 4 aromatic carbocycles. The van der Waals surface area contributed by atoms with Gasteiger partial charge in [0.2, 0.25) is 0 Å². The number of benzene rings is 2. The zero-order valence-corrected chi connectivity index (χ0v) is 25.6. The first-order valence-corrected chi connectivity index (χ1v) is 12.4. The summed E-state index contributed by atoms with van der Waals surface area (Å²) in [5.41, 5.74) is 8.66. The summed E-state index contributed by atoms with van der Waals surface area (Å²) >= 11 is 0. The number of hydrogen-bond donors (Lipinski definition) is 0. The minimum absolute atomic E-state index is 0. The predicted octanol–water partition coefficient (Wildman–Crippen LogP) is 4.23. The molecule has 4 aromatic rings. The Kier molecular flexibility index (Phi) is 13.0. The van der Waals surface area contributed by atoms with Gasteiger partial charge in [0.1, 0.15) is 0 Å². The summed E-state index contributed by atoms with van der Waals surface area (Å²) in [6, 6.07) is 18.7. The first-order chi connectivity index (χ1) is 15.0. The van der Waals surface area contributed by atoms with Gasteiger partial charge in [0.15, 0.2) is 0 Å². The first-order valence-electron chi connectivity index (χ1n) is 12.4. The molecule has 4 rings (SSSR count). The van der Waals surface area contributed by atoms with Gasteiger partial charge in [-0.3, -0.25) is 0 Å². The van der Waals surface area contributed by atoms with E-state index < -0.39 is 0 Å². The van der Waals surface area contributed by atoms with Crippen LogP contribution in [-0.4, -0.2) is 0 Å². The summed E-state index contributed by atoms with van der Waals surface area (Å²) < 4.78 is 0. The Balaban J connectivity index is 0.000000608. The predicted molar refractivity (Wildman–Crippen MR) is 145 cm³/mol. The maximum atomic E-state index is 2.39. The molecule has 0 aliphatic rings. The Bertz CT molecular complexity index is 1110. The molecule has 0 nitrogen and oxygen atoms in total. The molecule has 188 valence electrons. The van der Waals surface area contributed by atoms with Crippen LogP contribution in [0, 0.1) is 13.8 Å². The van der Waals surface area contributed by atoms with Gasteiger partial charge in [0, 0.05) is 0 Å². The van der Waals surface area contributed by atoms with Crippen LogP contribution in [0.2, 0.25) is 0 Å². The van der Waals surface area contributed by atoms with Crippen molar-refractivity contribution in [1.29, 1.82) is 0 Å². The van der Waals surface area contributed by atoms with E-state index in [0.29, 0.717) is 23.7 Å². The van der Waals surface area contributed by atoms with E-state index in [9.17, 15) is 0 Å². The second-order valence-corrected chi connectivity index (χ2v) is 10.9. The third kappa shape index (κ3) is 7.69. The molecule has 0 saturated heterocycles. The molecule has 0 aliphatic heterocycles. The first kappa shape index (κ1) is 33.4. The minimum atomic E-state index is 0. The van der Waals surface area contributed by atoms with E-state index in [2.05, 4.69) is 118 Å². The summed E-state index contributed by atoms with van der Waals surface area (Å²) in [6.07, 6.45) is 0. The van der Waals surface area contributed by atoms with Crippen molar-refractivity contribution in [3.05, 3.63) is 81.9 Å². The van der Waals surface area contributed by atoms with Crippen LogP contribution in [0.3, 0.4) is 0 Å². The molecular weight excluding hydrogens is 514 g/mol. The maximum absolute atomic E-state index is 2.39. The van der Waals surface area contributed by atoms with Gasteiger partial charge in [-0.15, -0.1) is 56.9 Å². The fourth-order valence-electron chi connectivity index (χ4n) is 4.67. The van der Waals surface area contributed by atoms with Crippen molar-refractivity contribution in [2.75, 3.05) is 0 Å². The van der Waals surface area contributed by atoms with Crippen molar-refractivity contribution in [2.24, 2.45) is 0 Å². The molecule has 0 aliphatic carbocycles. The molecule has 0 atom stereocenters. The molecule has 35 heavy (non-hydrogen) atoms. The van der Waals surface area contributed by atoms with E-state index in [1.165, 1.54) is 54.9 Å². The van der Waals surface area contributed by atoms with E-state index in [1.54, 1.807) is 0 Å². The van der Waals surface area contributed by atoms with Gasteiger partial charge in [-0.1, -0.05) is 104 Å². The summed E-state index contributed by atoms with van der Waals surface area (Å²) in [4.78, 5) is 0. The molecule has 0 saturated carbocycles. The van der Waals surface area contributed by atoms with Gasteiger partial charge in [0.25, 0.3) is 0 Å². The van der Waals surface area contributed by atoms with Gasteiger partial charge < -0.3 is 9.41 Å². The average Bonchev–Trinajstić information content (AvgIpc) is 3.26. The van der Waals surface area contributed by atoms with Crippen LogP contribution >= 0.6 is 0 Å². The Hall–Kier alpha value is -1.60. The minimum Gasteiger partial charge on any atom is -1.00 e. The third-order valence-corrected chi connectivity index (χ3v) is 6.62. The Labute approximate surface area is 231 Å². The van der Waals surface area contributed by atoms with Gasteiger partial charge >= 0.3 is 26.2 Å². The molecule has 0 unspecified atom stereocenters. The van der Waals surface area contributed by atoms with E-state index in [1.807, 2.05) is 0 Å². The van der Waals surface area contributed by atoms with Gasteiger partial charge in [0.05, 0.1) is 0 Å². The number of aryl methyl sites for hydroxylation is 2. The third-order valence-electron chi connectivity index (χ3n) is 6.62. The normalized spacial score (nSPS) is 10.9. The Morgan fingerprint density at radius 3 is 1.06 bits per heavy atom. The fraction of sp³-hybridized carbons (Fsp3) is 0.438. The summed E-state index contributed by atoms with van der Waals surface area (Å²) in [6.45, 7) is 22.5. The van der Waals surface area contributed by atoms with Crippen molar-refractivity contribution in [3.63, 3.8) is 0 Å². The van der Waals surface area contributed by atoms with Crippen molar-refractivity contribution >= 4 is 21.5 Å². The van der Waals surface area contributed by atoms with Crippen LogP contribution in [-0.2, 0) is 26.2 Å². The molecule has 0 aromatic heterocycles. The molecule has 0 N–H and O–H groups in total. The second kappa shape index (κ2) is 13.6. The molecule has 0 radical (unpaired) electrons. The summed E-state index contributed by atoms with van der Waals surface area (Å²) in [7, 11) is 0. The number of hydrogen-bond acceptors (Lipinski definition) is 0. The van der Waals surface area contributed by atoms with Gasteiger partial charge in [-0.2, -0.15) is 12.1 Å². The monoisotopic (exact) mass is 554 g/mol. The molecule has 3 heteroatoms. The van der Waals surface area contributed by atoms with Crippen LogP contribution < -0.4 is 9.41 Å². The second-order valence-electron chi connectivity index (χ2n) is 10.9. The van der Waals surface area contributed by atoms with E-state index in [4.69, 9.17) is 0 Å². The molecule has 0 bridgehead atoms.